The maximum atomic E-state index is 8.92. The van der Waals surface area contributed by atoms with Gasteiger partial charge in [-0.15, -0.1) is 0 Å². The van der Waals surface area contributed by atoms with Gasteiger partial charge in [-0.3, -0.25) is 0 Å². The minimum Gasteiger partial charge on any atom is -0.493 e. The third kappa shape index (κ3) is 3.29. The van der Waals surface area contributed by atoms with Gasteiger partial charge in [-0.25, -0.2) is 0 Å². The minimum atomic E-state index is -0.103. The molecule has 0 saturated carbocycles. The van der Waals surface area contributed by atoms with Gasteiger partial charge in [-0.05, 0) is 36.2 Å². The fraction of sp³-hybridized carbons (Fsp3) is 0.333. The van der Waals surface area contributed by atoms with Gasteiger partial charge >= 0.3 is 0 Å². The van der Waals surface area contributed by atoms with Gasteiger partial charge in [0.15, 0.2) is 11.5 Å². The highest BCUT2D eigenvalue weighted by atomic mass is 16.5. The number of aliphatic hydroxyl groups is 1. The van der Waals surface area contributed by atoms with Gasteiger partial charge in [-0.2, -0.15) is 0 Å². The van der Waals surface area contributed by atoms with Crippen LogP contribution >= 0.6 is 0 Å². The quantitative estimate of drug-likeness (QED) is 0.869. The number of benzene rings is 1. The van der Waals surface area contributed by atoms with E-state index in [1.165, 1.54) is 5.56 Å². The van der Waals surface area contributed by atoms with Crippen molar-refractivity contribution >= 4 is 0 Å². The van der Waals surface area contributed by atoms with Crippen molar-refractivity contribution < 1.29 is 19.0 Å². The SMILES string of the molecule is CCc1ccc(OCc2ccc(CO)o2)c(OC)c1. The number of furan rings is 1. The average molecular weight is 262 g/mol. The molecule has 1 aromatic heterocycles. The summed E-state index contributed by atoms with van der Waals surface area (Å²) in [6.07, 6.45) is 0.953. The molecule has 2 aromatic rings. The van der Waals surface area contributed by atoms with E-state index >= 15 is 0 Å². The lowest BCUT2D eigenvalue weighted by Gasteiger charge is -2.10. The van der Waals surface area contributed by atoms with Crippen LogP contribution in [0.15, 0.2) is 34.7 Å². The van der Waals surface area contributed by atoms with E-state index in [-0.39, 0.29) is 6.61 Å². The first-order valence-corrected chi connectivity index (χ1v) is 6.25. The topological polar surface area (TPSA) is 51.8 Å². The van der Waals surface area contributed by atoms with Crippen molar-refractivity contribution in [3.63, 3.8) is 0 Å². The lowest BCUT2D eigenvalue weighted by molar-refractivity contribution is 0.221. The highest BCUT2D eigenvalue weighted by molar-refractivity contribution is 5.43. The molecule has 2 rings (SSSR count). The van der Waals surface area contributed by atoms with E-state index in [1.807, 2.05) is 18.2 Å². The van der Waals surface area contributed by atoms with E-state index in [2.05, 4.69) is 6.92 Å². The Morgan fingerprint density at radius 3 is 2.53 bits per heavy atom. The summed E-state index contributed by atoms with van der Waals surface area (Å²) >= 11 is 0. The lowest BCUT2D eigenvalue weighted by Crippen LogP contribution is -1.97. The molecular formula is C15H18O4. The zero-order chi connectivity index (χ0) is 13.7. The maximum Gasteiger partial charge on any atom is 0.161 e. The third-order valence-electron chi connectivity index (χ3n) is 2.88. The van der Waals surface area contributed by atoms with Crippen molar-refractivity contribution in [3.8, 4) is 11.5 Å². The Hall–Kier alpha value is -1.94. The van der Waals surface area contributed by atoms with E-state index in [0.717, 1.165) is 6.42 Å². The Morgan fingerprint density at radius 1 is 1.11 bits per heavy atom. The highest BCUT2D eigenvalue weighted by Crippen LogP contribution is 2.29. The normalized spacial score (nSPS) is 10.5. The lowest BCUT2D eigenvalue weighted by atomic mass is 10.1. The van der Waals surface area contributed by atoms with Crippen molar-refractivity contribution in [1.82, 2.24) is 0 Å². The Labute approximate surface area is 112 Å². The summed E-state index contributed by atoms with van der Waals surface area (Å²) in [5, 5.41) is 8.92. The van der Waals surface area contributed by atoms with Gasteiger partial charge in [0, 0.05) is 0 Å². The van der Waals surface area contributed by atoms with Gasteiger partial charge in [-0.1, -0.05) is 13.0 Å². The maximum absolute atomic E-state index is 8.92. The zero-order valence-electron chi connectivity index (χ0n) is 11.2. The van der Waals surface area contributed by atoms with Crippen molar-refractivity contribution in [2.24, 2.45) is 0 Å². The van der Waals surface area contributed by atoms with Crippen LogP contribution < -0.4 is 9.47 Å². The number of methoxy groups -OCH3 is 1. The van der Waals surface area contributed by atoms with Gasteiger partial charge < -0.3 is 19.0 Å². The summed E-state index contributed by atoms with van der Waals surface area (Å²) in [5.41, 5.74) is 1.20. The van der Waals surface area contributed by atoms with Crippen LogP contribution in [0.25, 0.3) is 0 Å². The van der Waals surface area contributed by atoms with E-state index in [4.69, 9.17) is 19.0 Å². The molecule has 0 aliphatic carbocycles. The van der Waals surface area contributed by atoms with Crippen LogP contribution in [0, 0.1) is 0 Å². The molecule has 4 heteroatoms. The molecule has 0 radical (unpaired) electrons. The number of aliphatic hydroxyl groups excluding tert-OH is 1. The Balaban J connectivity index is 2.06. The first-order valence-electron chi connectivity index (χ1n) is 6.25. The molecule has 0 aliphatic rings. The van der Waals surface area contributed by atoms with Gasteiger partial charge in [0.25, 0.3) is 0 Å². The molecule has 0 aliphatic heterocycles. The van der Waals surface area contributed by atoms with Gasteiger partial charge in [0.1, 0.15) is 24.7 Å². The molecule has 0 spiro atoms. The summed E-state index contributed by atoms with van der Waals surface area (Å²) in [7, 11) is 1.62. The molecule has 19 heavy (non-hydrogen) atoms. The van der Waals surface area contributed by atoms with Crippen LogP contribution in [0.1, 0.15) is 24.0 Å². The van der Waals surface area contributed by atoms with Crippen molar-refractivity contribution in [1.29, 1.82) is 0 Å². The largest absolute Gasteiger partial charge is 0.493 e. The molecule has 0 bridgehead atoms. The van der Waals surface area contributed by atoms with E-state index in [1.54, 1.807) is 19.2 Å². The van der Waals surface area contributed by atoms with Gasteiger partial charge in [0.2, 0.25) is 0 Å². The number of ether oxygens (including phenoxy) is 2. The van der Waals surface area contributed by atoms with Crippen LogP contribution in [-0.4, -0.2) is 12.2 Å². The van der Waals surface area contributed by atoms with Crippen molar-refractivity contribution in [2.75, 3.05) is 7.11 Å². The van der Waals surface area contributed by atoms with E-state index in [0.29, 0.717) is 29.6 Å². The van der Waals surface area contributed by atoms with Crippen LogP contribution in [0.4, 0.5) is 0 Å². The molecule has 0 saturated heterocycles. The second-order valence-corrected chi connectivity index (χ2v) is 4.15. The highest BCUT2D eigenvalue weighted by Gasteiger charge is 2.07. The number of rotatable bonds is 6. The standard InChI is InChI=1S/C15H18O4/c1-3-11-4-7-14(15(8-11)17-2)18-10-13-6-5-12(9-16)19-13/h4-8,16H,3,9-10H2,1-2H3. The van der Waals surface area contributed by atoms with Crippen molar-refractivity contribution in [2.45, 2.75) is 26.6 Å². The van der Waals surface area contributed by atoms with Crippen LogP contribution in [-0.2, 0) is 19.6 Å². The van der Waals surface area contributed by atoms with Crippen LogP contribution in [0.3, 0.4) is 0 Å². The zero-order valence-corrected chi connectivity index (χ0v) is 11.2. The first kappa shape index (κ1) is 13.5. The molecule has 0 unspecified atom stereocenters. The first-order chi connectivity index (χ1) is 9.26. The van der Waals surface area contributed by atoms with Gasteiger partial charge in [0.05, 0.1) is 7.11 Å². The van der Waals surface area contributed by atoms with E-state index < -0.39 is 0 Å². The summed E-state index contributed by atoms with van der Waals surface area (Å²) < 4.78 is 16.3. The fourth-order valence-electron chi connectivity index (χ4n) is 1.78. The molecule has 1 heterocycles. The summed E-state index contributed by atoms with van der Waals surface area (Å²) in [6.45, 7) is 2.30. The second kappa shape index (κ2) is 6.29. The second-order valence-electron chi connectivity index (χ2n) is 4.15. The molecule has 1 aromatic carbocycles. The number of hydrogen-bond acceptors (Lipinski definition) is 4. The Morgan fingerprint density at radius 2 is 1.89 bits per heavy atom. The predicted octanol–water partition coefficient (Wildman–Crippen LogP) is 2.92. The molecule has 0 amide bonds. The molecular weight excluding hydrogens is 244 g/mol. The monoisotopic (exact) mass is 262 g/mol. The van der Waals surface area contributed by atoms with Crippen LogP contribution in [0.5, 0.6) is 11.5 Å². The molecule has 102 valence electrons. The summed E-state index contributed by atoms with van der Waals surface area (Å²) in [4.78, 5) is 0. The fourth-order valence-corrected chi connectivity index (χ4v) is 1.78. The Bertz CT molecular complexity index is 531. The smallest absolute Gasteiger partial charge is 0.161 e. The molecule has 0 fully saturated rings. The molecule has 0 atom stereocenters. The third-order valence-corrected chi connectivity index (χ3v) is 2.88. The Kier molecular flexibility index (Phi) is 4.47. The van der Waals surface area contributed by atoms with Crippen LogP contribution in [0.2, 0.25) is 0 Å². The number of aryl methyl sites for hydroxylation is 1. The molecule has 4 nitrogen and oxygen atoms in total. The van der Waals surface area contributed by atoms with Crippen molar-refractivity contribution in [3.05, 3.63) is 47.4 Å². The minimum absolute atomic E-state index is 0.103. The average Bonchev–Trinajstić information content (AvgIpc) is 2.92. The number of hydrogen-bond donors (Lipinski definition) is 1. The predicted molar refractivity (Wildman–Crippen MR) is 71.3 cm³/mol. The van der Waals surface area contributed by atoms with E-state index in [9.17, 15) is 0 Å². The summed E-state index contributed by atoms with van der Waals surface area (Å²) in [5.74, 6) is 2.60. The molecule has 1 N–H and O–H groups in total. The summed E-state index contributed by atoms with van der Waals surface area (Å²) in [6, 6.07) is 9.40.